The first-order valence-corrected chi connectivity index (χ1v) is 16.6. The van der Waals surface area contributed by atoms with Crippen molar-refractivity contribution in [3.63, 3.8) is 0 Å². The fourth-order valence-corrected chi connectivity index (χ4v) is 7.83. The number of sulfonamides is 2. The van der Waals surface area contributed by atoms with E-state index in [0.29, 0.717) is 13.1 Å². The van der Waals surface area contributed by atoms with Gasteiger partial charge in [0.15, 0.2) is 0 Å². The van der Waals surface area contributed by atoms with Crippen LogP contribution in [0.3, 0.4) is 0 Å². The Bertz CT molecular complexity index is 1720. The van der Waals surface area contributed by atoms with E-state index < -0.39 is 48.0 Å². The molecule has 4 rings (SSSR count). The van der Waals surface area contributed by atoms with Gasteiger partial charge in [-0.3, -0.25) is 19.2 Å². The molecule has 0 unspecified atom stereocenters. The zero-order valence-corrected chi connectivity index (χ0v) is 25.9. The van der Waals surface area contributed by atoms with Gasteiger partial charge in [-0.15, -0.1) is 0 Å². The molecule has 0 bridgehead atoms. The number of aryl methyl sites for hydroxylation is 1. The molecule has 1 aliphatic rings. The van der Waals surface area contributed by atoms with Crippen LogP contribution in [0, 0.1) is 17.0 Å². The third-order valence-corrected chi connectivity index (χ3v) is 10.9. The molecule has 1 N–H and O–H groups in total. The number of ether oxygens (including phenoxy) is 1. The number of anilines is 2. The van der Waals surface area contributed by atoms with Crippen LogP contribution in [-0.4, -0.2) is 58.7 Å². The number of nitrogens with zero attached hydrogens (tertiary/aromatic N) is 3. The molecule has 1 aliphatic heterocycles. The maximum Gasteiger partial charge on any atom is 0.273 e. The molecular formula is C28H31ClN4O8S2. The number of amides is 1. The van der Waals surface area contributed by atoms with Gasteiger partial charge < -0.3 is 10.1 Å². The monoisotopic (exact) mass is 650 g/mol. The molecule has 3 aromatic carbocycles. The molecule has 0 spiro atoms. The number of nitro benzene ring substituents is 1. The van der Waals surface area contributed by atoms with Crippen molar-refractivity contribution < 1.29 is 31.3 Å². The molecule has 3 aromatic rings. The van der Waals surface area contributed by atoms with Gasteiger partial charge in [-0.2, -0.15) is 4.31 Å². The first kappa shape index (κ1) is 32.2. The molecule has 15 heteroatoms. The third kappa shape index (κ3) is 7.26. The highest BCUT2D eigenvalue weighted by molar-refractivity contribution is 7.93. The van der Waals surface area contributed by atoms with Gasteiger partial charge in [-0.1, -0.05) is 30.5 Å². The molecular weight excluding hydrogens is 620 g/mol. The summed E-state index contributed by atoms with van der Waals surface area (Å²) >= 11 is 6.17. The van der Waals surface area contributed by atoms with E-state index >= 15 is 0 Å². The molecule has 43 heavy (non-hydrogen) atoms. The van der Waals surface area contributed by atoms with E-state index in [4.69, 9.17) is 16.3 Å². The lowest BCUT2D eigenvalue weighted by Crippen LogP contribution is -2.38. The summed E-state index contributed by atoms with van der Waals surface area (Å²) in [4.78, 5) is 23.7. The van der Waals surface area contributed by atoms with Crippen LogP contribution < -0.4 is 14.4 Å². The number of nitrogens with one attached hydrogen (secondary N) is 1. The van der Waals surface area contributed by atoms with Crippen molar-refractivity contribution in [2.45, 2.75) is 42.4 Å². The van der Waals surface area contributed by atoms with Gasteiger partial charge >= 0.3 is 0 Å². The highest BCUT2D eigenvalue weighted by Crippen LogP contribution is 2.36. The average Bonchev–Trinajstić information content (AvgIpc) is 3.26. The molecule has 0 aromatic heterocycles. The second-order valence-corrected chi connectivity index (χ2v) is 14.2. The number of methoxy groups -OCH3 is 1. The smallest absolute Gasteiger partial charge is 0.273 e. The predicted molar refractivity (Wildman–Crippen MR) is 163 cm³/mol. The molecule has 1 saturated heterocycles. The van der Waals surface area contributed by atoms with Gasteiger partial charge in [0.1, 0.15) is 12.3 Å². The van der Waals surface area contributed by atoms with E-state index in [9.17, 15) is 31.7 Å². The van der Waals surface area contributed by atoms with Gasteiger partial charge in [0.2, 0.25) is 15.9 Å². The Morgan fingerprint density at radius 3 is 2.21 bits per heavy atom. The lowest BCUT2D eigenvalue weighted by Gasteiger charge is -2.26. The summed E-state index contributed by atoms with van der Waals surface area (Å²) in [7, 11) is -6.95. The molecule has 1 amide bonds. The molecule has 0 saturated carbocycles. The lowest BCUT2D eigenvalue weighted by atomic mass is 10.2. The average molecular weight is 651 g/mol. The van der Waals surface area contributed by atoms with E-state index in [1.807, 2.05) is 0 Å². The Hall–Kier alpha value is -3.72. The topological polar surface area (TPSA) is 156 Å². The number of carbonyl (C=O) groups is 1. The van der Waals surface area contributed by atoms with E-state index in [1.165, 1.54) is 72.9 Å². The van der Waals surface area contributed by atoms with Crippen molar-refractivity contribution in [1.29, 1.82) is 0 Å². The van der Waals surface area contributed by atoms with Crippen LogP contribution in [0.15, 0.2) is 70.5 Å². The van der Waals surface area contributed by atoms with Crippen LogP contribution in [0.4, 0.5) is 17.1 Å². The number of hydrogen-bond acceptors (Lipinski definition) is 8. The minimum absolute atomic E-state index is 0.0627. The summed E-state index contributed by atoms with van der Waals surface area (Å²) in [5, 5.41) is 14.3. The Balaban J connectivity index is 1.63. The molecule has 1 heterocycles. The Labute approximate surface area is 255 Å². The van der Waals surface area contributed by atoms with Gasteiger partial charge in [-0.25, -0.2) is 16.8 Å². The normalized spacial score (nSPS) is 14.5. The quantitative estimate of drug-likeness (QED) is 0.238. The van der Waals surface area contributed by atoms with Crippen molar-refractivity contribution in [3.8, 4) is 5.75 Å². The van der Waals surface area contributed by atoms with E-state index in [1.54, 1.807) is 0 Å². The number of carbonyl (C=O) groups excluding carboxylic acids is 1. The largest absolute Gasteiger partial charge is 0.495 e. The second kappa shape index (κ2) is 13.3. The maximum absolute atomic E-state index is 13.9. The molecule has 1 fully saturated rings. The van der Waals surface area contributed by atoms with Crippen molar-refractivity contribution in [2.75, 3.05) is 36.4 Å². The fraction of sp³-hybridized carbons (Fsp3) is 0.321. The number of halogens is 1. The van der Waals surface area contributed by atoms with Crippen LogP contribution in [0.2, 0.25) is 5.02 Å². The van der Waals surface area contributed by atoms with Crippen LogP contribution in [-0.2, 0) is 24.8 Å². The molecule has 12 nitrogen and oxygen atoms in total. The van der Waals surface area contributed by atoms with E-state index in [-0.39, 0.29) is 32.6 Å². The third-order valence-electron chi connectivity index (χ3n) is 7.00. The van der Waals surface area contributed by atoms with E-state index in [2.05, 4.69) is 5.32 Å². The highest BCUT2D eigenvalue weighted by Gasteiger charge is 2.32. The first-order chi connectivity index (χ1) is 20.3. The van der Waals surface area contributed by atoms with Gasteiger partial charge in [0.25, 0.3) is 15.7 Å². The van der Waals surface area contributed by atoms with Crippen molar-refractivity contribution in [3.05, 3.63) is 81.4 Å². The van der Waals surface area contributed by atoms with Crippen LogP contribution in [0.1, 0.15) is 31.2 Å². The summed E-state index contributed by atoms with van der Waals surface area (Å²) in [6, 6.07) is 13.3. The summed E-state index contributed by atoms with van der Waals surface area (Å²) < 4.78 is 61.5. The lowest BCUT2D eigenvalue weighted by molar-refractivity contribution is -0.385. The van der Waals surface area contributed by atoms with Crippen LogP contribution in [0.25, 0.3) is 0 Å². The minimum atomic E-state index is -4.56. The Kier molecular flexibility index (Phi) is 9.95. The zero-order chi connectivity index (χ0) is 31.4. The first-order valence-electron chi connectivity index (χ1n) is 13.4. The molecule has 0 aliphatic carbocycles. The van der Waals surface area contributed by atoms with E-state index in [0.717, 1.165) is 36.1 Å². The number of benzene rings is 3. The second-order valence-electron chi connectivity index (χ2n) is 9.92. The fourth-order valence-electron chi connectivity index (χ4n) is 4.70. The number of hydrogen-bond donors (Lipinski definition) is 1. The van der Waals surface area contributed by atoms with Gasteiger partial charge in [0, 0.05) is 35.4 Å². The van der Waals surface area contributed by atoms with Crippen molar-refractivity contribution in [1.82, 2.24) is 4.31 Å². The molecule has 0 atom stereocenters. The standard InChI is InChI=1S/C28H31ClN4O8S2/c1-20-7-11-24(18-25(20)33(35)36)43(39,40)32(26-17-21(29)8-14-27(26)41-2)19-28(34)30-22-9-12-23(13-10-22)42(37,38)31-15-5-3-4-6-16-31/h7-14,17-18H,3-6,15-16,19H2,1-2H3,(H,30,34). The number of rotatable bonds is 10. The van der Waals surface area contributed by atoms with Crippen LogP contribution in [0.5, 0.6) is 5.75 Å². The zero-order valence-electron chi connectivity index (χ0n) is 23.5. The van der Waals surface area contributed by atoms with Crippen LogP contribution >= 0.6 is 11.6 Å². The summed E-state index contributed by atoms with van der Waals surface area (Å²) in [6.07, 6.45) is 3.54. The molecule has 230 valence electrons. The molecule has 0 radical (unpaired) electrons. The SMILES string of the molecule is COc1ccc(Cl)cc1N(CC(=O)Nc1ccc(S(=O)(=O)N2CCCCCC2)cc1)S(=O)(=O)c1ccc(C)c([N+](=O)[O-])c1. The summed E-state index contributed by atoms with van der Waals surface area (Å²) in [5.74, 6) is -0.680. The Morgan fingerprint density at radius 2 is 1.60 bits per heavy atom. The summed E-state index contributed by atoms with van der Waals surface area (Å²) in [5.41, 5.74) is 0.0297. The van der Waals surface area contributed by atoms with Gasteiger partial charge in [-0.05, 0) is 68.3 Å². The van der Waals surface area contributed by atoms with Crippen molar-refractivity contribution in [2.24, 2.45) is 0 Å². The minimum Gasteiger partial charge on any atom is -0.495 e. The van der Waals surface area contributed by atoms with Crippen molar-refractivity contribution >= 4 is 54.6 Å². The highest BCUT2D eigenvalue weighted by atomic mass is 35.5. The predicted octanol–water partition coefficient (Wildman–Crippen LogP) is 4.96. The van der Waals surface area contributed by atoms with Gasteiger partial charge in [0.05, 0.1) is 27.5 Å². The number of nitro groups is 1. The Morgan fingerprint density at radius 1 is 0.977 bits per heavy atom. The summed E-state index contributed by atoms with van der Waals surface area (Å²) in [6.45, 7) is 1.61. The maximum atomic E-state index is 13.9.